The summed E-state index contributed by atoms with van der Waals surface area (Å²) in [5, 5.41) is 9.11. The summed E-state index contributed by atoms with van der Waals surface area (Å²) in [6.07, 6.45) is 5.19. The smallest absolute Gasteiger partial charge is 0.336 e. The summed E-state index contributed by atoms with van der Waals surface area (Å²) in [4.78, 5) is 51.1. The van der Waals surface area contributed by atoms with Crippen molar-refractivity contribution < 1.29 is 18.8 Å². The molecular weight excluding hydrogens is 514 g/mol. The van der Waals surface area contributed by atoms with Crippen LogP contribution >= 0.6 is 0 Å². The second kappa shape index (κ2) is 17.4. The Hall–Kier alpha value is -3.32. The molecule has 1 aromatic carbocycles. The van der Waals surface area contributed by atoms with E-state index >= 15 is 0 Å². The summed E-state index contributed by atoms with van der Waals surface area (Å²) in [5.74, 6) is -1.35. The molecule has 12 nitrogen and oxygen atoms in total. The average molecular weight is 560 g/mol. The summed E-state index contributed by atoms with van der Waals surface area (Å²) in [7, 11) is 0. The minimum atomic E-state index is -0.883. The minimum Gasteiger partial charge on any atom is -0.423 e. The lowest BCUT2D eigenvalue weighted by atomic mass is 10.0. The highest BCUT2D eigenvalue weighted by molar-refractivity contribution is 5.99. The normalized spacial score (nSPS) is 13.4. The molecule has 222 valence electrons. The van der Waals surface area contributed by atoms with Gasteiger partial charge in [0.15, 0.2) is 0 Å². The molecule has 0 bridgehead atoms. The maximum absolute atomic E-state index is 13.3. The Bertz CT molecular complexity index is 1170. The maximum Gasteiger partial charge on any atom is 0.336 e. The Morgan fingerprint density at radius 3 is 1.93 bits per heavy atom. The van der Waals surface area contributed by atoms with E-state index in [1.165, 1.54) is 6.07 Å². The predicted octanol–water partition coefficient (Wildman–Crippen LogP) is 0.724. The number of carbonyl (C=O) groups is 3. The molecule has 0 spiro atoms. The number of carbonyl (C=O) groups excluding carboxylic acids is 3. The Morgan fingerprint density at radius 2 is 1.32 bits per heavy atom. The van der Waals surface area contributed by atoms with Crippen molar-refractivity contribution in [3.63, 3.8) is 0 Å². The van der Waals surface area contributed by atoms with Gasteiger partial charge in [0, 0.05) is 23.2 Å². The van der Waals surface area contributed by atoms with Crippen LogP contribution in [0.15, 0.2) is 33.5 Å². The van der Waals surface area contributed by atoms with Crippen molar-refractivity contribution in [3.8, 4) is 0 Å². The molecule has 3 atom stereocenters. The average Bonchev–Trinajstić information content (AvgIpc) is 2.91. The minimum absolute atomic E-state index is 0.344. The van der Waals surface area contributed by atoms with Crippen molar-refractivity contribution in [2.45, 2.75) is 82.8 Å². The van der Waals surface area contributed by atoms with Gasteiger partial charge in [-0.25, -0.2) is 4.79 Å². The van der Waals surface area contributed by atoms with Crippen LogP contribution in [0.4, 0.5) is 5.69 Å². The molecule has 0 saturated carbocycles. The van der Waals surface area contributed by atoms with Crippen LogP contribution in [0.3, 0.4) is 0 Å². The zero-order chi connectivity index (χ0) is 29.5. The fraction of sp³-hybridized carbons (Fsp3) is 0.571. The Kier molecular flexibility index (Phi) is 14.3. The molecule has 3 unspecified atom stereocenters. The topological polar surface area (TPSA) is 222 Å². The lowest BCUT2D eigenvalue weighted by Gasteiger charge is -2.24. The van der Waals surface area contributed by atoms with E-state index in [0.717, 1.165) is 17.4 Å². The predicted molar refractivity (Wildman–Crippen MR) is 156 cm³/mol. The Labute approximate surface area is 235 Å². The molecule has 2 aromatic rings. The van der Waals surface area contributed by atoms with Gasteiger partial charge < -0.3 is 43.3 Å². The zero-order valence-corrected chi connectivity index (χ0v) is 23.4. The van der Waals surface area contributed by atoms with Gasteiger partial charge in [0.25, 0.3) is 0 Å². The standard InChI is InChI=1S/C28H45N7O5/c1-18-16-25(36)40-24-17-19(11-12-20(18)24)33-27(38)22(9-3-6-14-30)35-28(39)23(10-4-7-15-31)34-26(37)21(32)8-2-5-13-29/h11-12,16-17,21-23H,2-10,13-15,29-32H2,1H3,(H,33,38)(H,34,37)(H,35,39). The molecule has 1 aromatic heterocycles. The SMILES string of the molecule is Cc1cc(=O)oc2cc(NC(=O)C(CCCCN)NC(=O)C(CCCCN)NC(=O)C(N)CCCCN)ccc12. The van der Waals surface area contributed by atoms with Gasteiger partial charge in [-0.15, -0.1) is 0 Å². The van der Waals surface area contributed by atoms with Crippen LogP contribution < -0.4 is 44.5 Å². The Balaban J connectivity index is 2.17. The maximum atomic E-state index is 13.3. The molecule has 2 rings (SSSR count). The quantitative estimate of drug-likeness (QED) is 0.101. The van der Waals surface area contributed by atoms with Gasteiger partial charge >= 0.3 is 5.63 Å². The van der Waals surface area contributed by atoms with Crippen LogP contribution in [-0.4, -0.2) is 55.5 Å². The number of nitrogens with one attached hydrogen (secondary N) is 3. The monoisotopic (exact) mass is 559 g/mol. The molecule has 0 aliphatic heterocycles. The number of unbranched alkanes of at least 4 members (excludes halogenated alkanes) is 3. The number of nitrogens with two attached hydrogens (primary N) is 4. The highest BCUT2D eigenvalue weighted by atomic mass is 16.4. The molecule has 0 radical (unpaired) electrons. The first-order valence-electron chi connectivity index (χ1n) is 14.0. The fourth-order valence-corrected chi connectivity index (χ4v) is 4.35. The highest BCUT2D eigenvalue weighted by Gasteiger charge is 2.28. The number of fused-ring (bicyclic) bond motifs is 1. The van der Waals surface area contributed by atoms with E-state index in [2.05, 4.69) is 16.0 Å². The van der Waals surface area contributed by atoms with Crippen molar-refractivity contribution in [2.75, 3.05) is 25.0 Å². The number of anilines is 1. The van der Waals surface area contributed by atoms with Gasteiger partial charge in [0.1, 0.15) is 17.7 Å². The van der Waals surface area contributed by atoms with E-state index in [-0.39, 0.29) is 0 Å². The number of aryl methyl sites for hydroxylation is 1. The van der Waals surface area contributed by atoms with Crippen molar-refractivity contribution in [2.24, 2.45) is 22.9 Å². The summed E-state index contributed by atoms with van der Waals surface area (Å²) < 4.78 is 5.28. The summed E-state index contributed by atoms with van der Waals surface area (Å²) in [6, 6.07) is 3.91. The fourth-order valence-electron chi connectivity index (χ4n) is 4.35. The van der Waals surface area contributed by atoms with Crippen LogP contribution in [0.2, 0.25) is 0 Å². The van der Waals surface area contributed by atoms with Crippen molar-refractivity contribution in [3.05, 3.63) is 40.2 Å². The summed E-state index contributed by atoms with van der Waals surface area (Å²) >= 11 is 0. The third kappa shape index (κ3) is 10.7. The molecule has 0 aliphatic carbocycles. The second-order valence-electron chi connectivity index (χ2n) is 10.0. The Morgan fingerprint density at radius 1 is 0.775 bits per heavy atom. The third-order valence-corrected chi connectivity index (χ3v) is 6.68. The number of amides is 3. The van der Waals surface area contributed by atoms with Crippen LogP contribution in [0.25, 0.3) is 11.0 Å². The molecule has 0 fully saturated rings. The van der Waals surface area contributed by atoms with E-state index < -0.39 is 41.5 Å². The van der Waals surface area contributed by atoms with Gasteiger partial charge in [-0.05, 0) is 95.6 Å². The molecule has 0 saturated heterocycles. The number of hydrogen-bond acceptors (Lipinski definition) is 9. The largest absolute Gasteiger partial charge is 0.423 e. The van der Waals surface area contributed by atoms with E-state index in [9.17, 15) is 19.2 Å². The molecule has 12 heteroatoms. The molecule has 3 amide bonds. The number of hydrogen-bond donors (Lipinski definition) is 7. The van der Waals surface area contributed by atoms with E-state index in [1.54, 1.807) is 25.1 Å². The van der Waals surface area contributed by atoms with Gasteiger partial charge in [0.05, 0.1) is 6.04 Å². The molecule has 11 N–H and O–H groups in total. The number of benzene rings is 1. The molecule has 0 aliphatic rings. The van der Waals surface area contributed by atoms with Crippen LogP contribution in [0.5, 0.6) is 0 Å². The van der Waals surface area contributed by atoms with Crippen molar-refractivity contribution in [1.82, 2.24) is 10.6 Å². The lowest BCUT2D eigenvalue weighted by molar-refractivity contribution is -0.131. The van der Waals surface area contributed by atoms with Crippen LogP contribution in [0.1, 0.15) is 63.4 Å². The van der Waals surface area contributed by atoms with Gasteiger partial charge in [-0.1, -0.05) is 6.42 Å². The molecule has 40 heavy (non-hydrogen) atoms. The molecular formula is C28H45N7O5. The van der Waals surface area contributed by atoms with Gasteiger partial charge in [0.2, 0.25) is 17.7 Å². The van der Waals surface area contributed by atoms with Gasteiger partial charge in [-0.3, -0.25) is 14.4 Å². The first kappa shape index (κ1) is 32.9. The summed E-state index contributed by atoms with van der Waals surface area (Å²) in [6.45, 7) is 3.22. The van der Waals surface area contributed by atoms with Gasteiger partial charge in [-0.2, -0.15) is 0 Å². The second-order valence-corrected chi connectivity index (χ2v) is 10.0. The molecule has 1 heterocycles. The van der Waals surface area contributed by atoms with Crippen molar-refractivity contribution >= 4 is 34.4 Å². The zero-order valence-electron chi connectivity index (χ0n) is 23.4. The van der Waals surface area contributed by atoms with Crippen molar-refractivity contribution in [1.29, 1.82) is 0 Å². The van der Waals surface area contributed by atoms with E-state index in [4.69, 9.17) is 27.4 Å². The first-order chi connectivity index (χ1) is 19.2. The van der Waals surface area contributed by atoms with E-state index in [1.807, 2.05) is 0 Å². The third-order valence-electron chi connectivity index (χ3n) is 6.68. The van der Waals surface area contributed by atoms with Crippen LogP contribution in [-0.2, 0) is 14.4 Å². The highest BCUT2D eigenvalue weighted by Crippen LogP contribution is 2.21. The summed E-state index contributed by atoms with van der Waals surface area (Å²) in [5.41, 5.74) is 23.8. The number of rotatable bonds is 18. The van der Waals surface area contributed by atoms with Crippen LogP contribution in [0, 0.1) is 6.92 Å². The lowest BCUT2D eigenvalue weighted by Crippen LogP contribution is -2.55. The van der Waals surface area contributed by atoms with E-state index in [0.29, 0.717) is 82.3 Å². The first-order valence-corrected chi connectivity index (χ1v) is 14.0.